The monoisotopic (exact) mass is 229 g/mol. The Hall–Kier alpha value is -2.63. The molecule has 6 nitrogen and oxygen atoms in total. The number of primary amides is 1. The molecule has 3 aromatic heterocycles. The third kappa shape index (κ3) is 1.38. The zero-order valence-corrected chi connectivity index (χ0v) is 8.79. The second-order valence-corrected chi connectivity index (χ2v) is 3.62. The van der Waals surface area contributed by atoms with Crippen LogP contribution in [0.2, 0.25) is 0 Å². The molecule has 0 bridgehead atoms. The van der Waals surface area contributed by atoms with E-state index in [2.05, 4.69) is 15.3 Å². The molecule has 3 rings (SSSR count). The van der Waals surface area contributed by atoms with E-state index in [1.807, 2.05) is 18.3 Å². The third-order valence-corrected chi connectivity index (χ3v) is 2.62. The lowest BCUT2D eigenvalue weighted by Gasteiger charge is -2.06. The molecule has 3 N–H and O–H groups in total. The minimum atomic E-state index is -0.502. The van der Waals surface area contributed by atoms with Crippen molar-refractivity contribution in [3.8, 4) is 11.1 Å². The second kappa shape index (κ2) is 3.44. The Labute approximate surface area is 96.1 Å². The van der Waals surface area contributed by atoms with Crippen LogP contribution < -0.4 is 5.73 Å². The smallest absolute Gasteiger partial charge is 0.251 e. The highest BCUT2D eigenvalue weighted by Crippen LogP contribution is 2.27. The lowest BCUT2D eigenvalue weighted by molar-refractivity contribution is 0.100. The summed E-state index contributed by atoms with van der Waals surface area (Å²) < 4.78 is 1.69. The zero-order valence-electron chi connectivity index (χ0n) is 8.79. The van der Waals surface area contributed by atoms with E-state index in [-0.39, 0.29) is 0 Å². The summed E-state index contributed by atoms with van der Waals surface area (Å²) in [7, 11) is 0. The van der Waals surface area contributed by atoms with Gasteiger partial charge in [0.25, 0.3) is 5.91 Å². The molecule has 0 saturated heterocycles. The minimum absolute atomic E-state index is 0.387. The Morgan fingerprint density at radius 2 is 2.29 bits per heavy atom. The molecule has 0 aliphatic rings. The summed E-state index contributed by atoms with van der Waals surface area (Å²) in [5.41, 5.74) is 8.12. The minimum Gasteiger partial charge on any atom is -0.366 e. The van der Waals surface area contributed by atoms with Crippen LogP contribution in [0.15, 0.2) is 36.9 Å². The number of rotatable bonds is 2. The molecule has 0 aromatic carbocycles. The molecule has 6 heteroatoms. The molecule has 84 valence electrons. The van der Waals surface area contributed by atoms with E-state index in [1.165, 1.54) is 6.20 Å². The van der Waals surface area contributed by atoms with Gasteiger partial charge in [0, 0.05) is 23.5 Å². The van der Waals surface area contributed by atoms with E-state index < -0.39 is 5.91 Å². The van der Waals surface area contributed by atoms with E-state index in [0.717, 1.165) is 16.6 Å². The number of nitrogens with zero attached hydrogens (tertiary/aromatic N) is 3. The summed E-state index contributed by atoms with van der Waals surface area (Å²) in [4.78, 5) is 11.4. The van der Waals surface area contributed by atoms with Crippen molar-refractivity contribution in [3.63, 3.8) is 0 Å². The Kier molecular flexibility index (Phi) is 1.94. The molecule has 0 aliphatic carbocycles. The van der Waals surface area contributed by atoms with Gasteiger partial charge in [0.1, 0.15) is 0 Å². The number of nitrogens with one attached hydrogen (secondary N) is 1. The van der Waals surface area contributed by atoms with Crippen LogP contribution in [0.1, 0.15) is 10.4 Å². The van der Waals surface area contributed by atoms with E-state index in [0.29, 0.717) is 5.56 Å². The van der Waals surface area contributed by atoms with Gasteiger partial charge in [-0.3, -0.25) is 9.89 Å². The Morgan fingerprint density at radius 1 is 1.41 bits per heavy atom. The lowest BCUT2D eigenvalue weighted by atomic mass is 10.1. The zero-order chi connectivity index (χ0) is 11.8. The number of hydrogen-bond acceptors (Lipinski definition) is 3. The number of hydrogen-bond donors (Lipinski definition) is 2. The van der Waals surface area contributed by atoms with Crippen molar-refractivity contribution in [2.45, 2.75) is 0 Å². The second-order valence-electron chi connectivity index (χ2n) is 3.62. The van der Waals surface area contributed by atoms with Gasteiger partial charge in [-0.05, 0) is 12.1 Å². The number of aromatic nitrogens is 4. The number of carbonyl (C=O) groups is 1. The standard InChI is InChI=1S/C11H9N5O/c12-11(17)8-6-15-16-3-1-2-9(16)10(8)7-4-13-14-5-7/h1-6H,(H2,12,17)(H,13,14)/i11+2. The van der Waals surface area contributed by atoms with Gasteiger partial charge in [0.15, 0.2) is 0 Å². The van der Waals surface area contributed by atoms with Crippen molar-refractivity contribution in [2.75, 3.05) is 0 Å². The number of fused-ring (bicyclic) bond motifs is 1. The number of amides is 1. The maximum absolute atomic E-state index is 11.4. The Bertz CT molecular complexity index is 683. The molecule has 3 heterocycles. The summed E-state index contributed by atoms with van der Waals surface area (Å²) in [6.07, 6.45) is 6.64. The van der Waals surface area contributed by atoms with Gasteiger partial charge in [0.2, 0.25) is 0 Å². The first kappa shape index (κ1) is 9.59. The normalized spacial score (nSPS) is 10.8. The average Bonchev–Trinajstić information content (AvgIpc) is 2.98. The molecular weight excluding hydrogens is 220 g/mol. The highest BCUT2D eigenvalue weighted by molar-refractivity contribution is 6.03. The van der Waals surface area contributed by atoms with Crippen LogP contribution in [0.4, 0.5) is 0 Å². The molecule has 1 amide bonds. The predicted molar refractivity (Wildman–Crippen MR) is 61.3 cm³/mol. The van der Waals surface area contributed by atoms with Crippen LogP contribution in [0.25, 0.3) is 16.6 Å². The quantitative estimate of drug-likeness (QED) is 0.681. The molecule has 17 heavy (non-hydrogen) atoms. The fraction of sp³-hybridized carbons (Fsp3) is 0. The topological polar surface area (TPSA) is 89.1 Å². The van der Waals surface area contributed by atoms with Crippen LogP contribution in [-0.4, -0.2) is 25.7 Å². The highest BCUT2D eigenvalue weighted by atomic mass is 16.3. The van der Waals surface area contributed by atoms with Crippen molar-refractivity contribution in [3.05, 3.63) is 42.5 Å². The Balaban J connectivity index is 2.42. The summed E-state index contributed by atoms with van der Waals surface area (Å²) in [6, 6.07) is 3.73. The molecule has 0 fully saturated rings. The van der Waals surface area contributed by atoms with E-state index in [1.54, 1.807) is 16.9 Å². The Morgan fingerprint density at radius 3 is 3.00 bits per heavy atom. The average molecular weight is 229 g/mol. The first-order valence-electron chi connectivity index (χ1n) is 5.02. The molecule has 0 atom stereocenters. The van der Waals surface area contributed by atoms with Crippen LogP contribution >= 0.6 is 0 Å². The van der Waals surface area contributed by atoms with Crippen LogP contribution in [0.5, 0.6) is 0 Å². The van der Waals surface area contributed by atoms with Gasteiger partial charge in [-0.25, -0.2) is 4.52 Å². The SMILES string of the molecule is N[14C](=O)c1cnn2cccc2c1-c1cn[nH]c1. The lowest BCUT2D eigenvalue weighted by Crippen LogP contribution is -2.14. The predicted octanol–water partition coefficient (Wildman–Crippen LogP) is 0.823. The first-order valence-corrected chi connectivity index (χ1v) is 5.02. The number of aromatic amines is 1. The maximum atomic E-state index is 11.4. The molecule has 0 spiro atoms. The van der Waals surface area contributed by atoms with Crippen LogP contribution in [0.3, 0.4) is 0 Å². The molecule has 0 aliphatic heterocycles. The number of carbonyl (C=O) groups excluding carboxylic acids is 1. The van der Waals surface area contributed by atoms with E-state index in [9.17, 15) is 4.79 Å². The van der Waals surface area contributed by atoms with E-state index >= 15 is 0 Å². The van der Waals surface area contributed by atoms with Gasteiger partial charge in [-0.1, -0.05) is 0 Å². The van der Waals surface area contributed by atoms with Crippen molar-refractivity contribution < 1.29 is 4.79 Å². The van der Waals surface area contributed by atoms with Crippen molar-refractivity contribution in [1.82, 2.24) is 19.8 Å². The molecule has 0 radical (unpaired) electrons. The van der Waals surface area contributed by atoms with Gasteiger partial charge >= 0.3 is 0 Å². The van der Waals surface area contributed by atoms with Crippen LogP contribution in [-0.2, 0) is 0 Å². The molecule has 0 unspecified atom stereocenters. The van der Waals surface area contributed by atoms with Crippen LogP contribution in [0, 0.1) is 0 Å². The number of H-pyrrole nitrogens is 1. The summed E-state index contributed by atoms with van der Waals surface area (Å²) in [5.74, 6) is -0.502. The maximum Gasteiger partial charge on any atom is 0.251 e. The fourth-order valence-corrected chi connectivity index (χ4v) is 1.87. The third-order valence-electron chi connectivity index (χ3n) is 2.62. The van der Waals surface area contributed by atoms with Gasteiger partial charge < -0.3 is 5.73 Å². The molecular formula is C11H9N5O. The van der Waals surface area contributed by atoms with Crippen molar-refractivity contribution >= 4 is 11.4 Å². The highest BCUT2D eigenvalue weighted by Gasteiger charge is 2.15. The van der Waals surface area contributed by atoms with Gasteiger partial charge in [-0.2, -0.15) is 10.2 Å². The molecule has 3 aromatic rings. The summed E-state index contributed by atoms with van der Waals surface area (Å²) in [6.45, 7) is 0. The van der Waals surface area contributed by atoms with Crippen molar-refractivity contribution in [2.24, 2.45) is 5.73 Å². The first-order chi connectivity index (χ1) is 8.27. The number of nitrogens with two attached hydrogens (primary N) is 1. The fourth-order valence-electron chi connectivity index (χ4n) is 1.87. The largest absolute Gasteiger partial charge is 0.366 e. The van der Waals surface area contributed by atoms with Crippen molar-refractivity contribution in [1.29, 1.82) is 0 Å². The van der Waals surface area contributed by atoms with Gasteiger partial charge in [-0.15, -0.1) is 0 Å². The molecule has 0 saturated carbocycles. The van der Waals surface area contributed by atoms with E-state index in [4.69, 9.17) is 5.73 Å². The summed E-state index contributed by atoms with van der Waals surface area (Å²) in [5, 5.41) is 10.7. The van der Waals surface area contributed by atoms with Gasteiger partial charge in [0.05, 0.1) is 23.5 Å². The summed E-state index contributed by atoms with van der Waals surface area (Å²) >= 11 is 0.